The number of nitrogens with one attached hydrogen (secondary N) is 2. The van der Waals surface area contributed by atoms with Gasteiger partial charge >= 0.3 is 0 Å². The Balaban J connectivity index is 2.42. The molecule has 1 aliphatic heterocycles. The van der Waals surface area contributed by atoms with E-state index in [0.717, 1.165) is 17.2 Å². The van der Waals surface area contributed by atoms with E-state index in [1.807, 2.05) is 26.0 Å². The molecule has 1 aromatic heterocycles. The second-order valence-corrected chi connectivity index (χ2v) is 3.20. The second-order valence-electron chi connectivity index (χ2n) is 3.20. The first kappa shape index (κ1) is 8.04. The highest BCUT2D eigenvalue weighted by atomic mass is 16.2. The number of pyridine rings is 1. The van der Waals surface area contributed by atoms with Crippen molar-refractivity contribution in [2.75, 3.05) is 10.6 Å². The molecule has 0 aromatic carbocycles. The lowest BCUT2D eigenvalue weighted by molar-refractivity contribution is -0.116. The molecule has 2 heterocycles. The normalized spacial score (nSPS) is 20.2. The smallest absolute Gasteiger partial charge is 0.246 e. The zero-order valence-electron chi connectivity index (χ0n) is 7.59. The summed E-state index contributed by atoms with van der Waals surface area (Å²) in [6.07, 6.45) is 0. The van der Waals surface area contributed by atoms with Crippen LogP contribution in [0.25, 0.3) is 0 Å². The van der Waals surface area contributed by atoms with E-state index in [2.05, 4.69) is 15.6 Å². The number of hydrogen-bond donors (Lipinski definition) is 2. The molecule has 0 aliphatic carbocycles. The highest BCUT2D eigenvalue weighted by Crippen LogP contribution is 2.23. The van der Waals surface area contributed by atoms with E-state index in [9.17, 15) is 4.79 Å². The van der Waals surface area contributed by atoms with Crippen molar-refractivity contribution in [3.8, 4) is 0 Å². The molecule has 0 saturated heterocycles. The molecular weight excluding hydrogens is 166 g/mol. The number of anilines is 2. The Bertz CT molecular complexity index is 362. The lowest BCUT2D eigenvalue weighted by Gasteiger charge is -2.23. The minimum atomic E-state index is -0.207. The van der Waals surface area contributed by atoms with Crippen molar-refractivity contribution in [2.24, 2.45) is 0 Å². The molecule has 13 heavy (non-hydrogen) atoms. The quantitative estimate of drug-likeness (QED) is 0.624. The van der Waals surface area contributed by atoms with Crippen molar-refractivity contribution >= 4 is 17.4 Å². The van der Waals surface area contributed by atoms with Gasteiger partial charge in [0.25, 0.3) is 0 Å². The molecule has 1 atom stereocenters. The maximum Gasteiger partial charge on any atom is 0.246 e. The highest BCUT2D eigenvalue weighted by molar-refractivity contribution is 6.01. The van der Waals surface area contributed by atoms with Crippen LogP contribution in [0.4, 0.5) is 11.5 Å². The van der Waals surface area contributed by atoms with Crippen LogP contribution in [0, 0.1) is 6.92 Å². The minimum absolute atomic E-state index is 0.0156. The maximum atomic E-state index is 11.2. The summed E-state index contributed by atoms with van der Waals surface area (Å²) in [5.41, 5.74) is 1.70. The van der Waals surface area contributed by atoms with E-state index in [-0.39, 0.29) is 11.9 Å². The molecule has 0 fully saturated rings. The topological polar surface area (TPSA) is 54.0 Å². The van der Waals surface area contributed by atoms with Gasteiger partial charge < -0.3 is 10.6 Å². The predicted octanol–water partition coefficient (Wildman–Crippen LogP) is 1.14. The molecule has 2 N–H and O–H groups in total. The van der Waals surface area contributed by atoms with Gasteiger partial charge in [-0.1, -0.05) is 0 Å². The number of carbonyl (C=O) groups is 1. The van der Waals surface area contributed by atoms with Crippen LogP contribution in [0.2, 0.25) is 0 Å². The minimum Gasteiger partial charge on any atom is -0.357 e. The fourth-order valence-corrected chi connectivity index (χ4v) is 1.28. The molecule has 4 heteroatoms. The number of nitrogens with zero attached hydrogens (tertiary/aromatic N) is 1. The molecule has 0 radical (unpaired) electrons. The molecule has 1 aliphatic rings. The molecule has 2 rings (SSSR count). The third-order valence-corrected chi connectivity index (χ3v) is 2.04. The van der Waals surface area contributed by atoms with Gasteiger partial charge in [-0.05, 0) is 26.0 Å². The van der Waals surface area contributed by atoms with Gasteiger partial charge in [-0.15, -0.1) is 0 Å². The van der Waals surface area contributed by atoms with E-state index >= 15 is 0 Å². The van der Waals surface area contributed by atoms with E-state index in [1.165, 1.54) is 0 Å². The second kappa shape index (κ2) is 2.73. The SMILES string of the molecule is Cc1ccc2c(n1)NC(C)C(=O)N2. The van der Waals surface area contributed by atoms with Crippen molar-refractivity contribution in [1.82, 2.24) is 4.98 Å². The van der Waals surface area contributed by atoms with Crippen molar-refractivity contribution in [2.45, 2.75) is 19.9 Å². The largest absolute Gasteiger partial charge is 0.357 e. The van der Waals surface area contributed by atoms with Crippen LogP contribution < -0.4 is 10.6 Å². The summed E-state index contributed by atoms with van der Waals surface area (Å²) in [5.74, 6) is 0.741. The molecule has 68 valence electrons. The highest BCUT2D eigenvalue weighted by Gasteiger charge is 2.21. The van der Waals surface area contributed by atoms with Gasteiger partial charge in [-0.2, -0.15) is 0 Å². The zero-order valence-corrected chi connectivity index (χ0v) is 7.59. The first-order valence-electron chi connectivity index (χ1n) is 4.22. The van der Waals surface area contributed by atoms with Gasteiger partial charge in [0, 0.05) is 5.69 Å². The number of amides is 1. The van der Waals surface area contributed by atoms with Crippen LogP contribution in [-0.4, -0.2) is 16.9 Å². The van der Waals surface area contributed by atoms with Gasteiger partial charge in [-0.3, -0.25) is 4.79 Å². The van der Waals surface area contributed by atoms with Gasteiger partial charge in [0.05, 0.1) is 5.69 Å². The number of aromatic nitrogens is 1. The van der Waals surface area contributed by atoms with Crippen LogP contribution in [0.15, 0.2) is 12.1 Å². The van der Waals surface area contributed by atoms with E-state index < -0.39 is 0 Å². The van der Waals surface area contributed by atoms with Gasteiger partial charge in [0.2, 0.25) is 5.91 Å². The van der Waals surface area contributed by atoms with Crippen molar-refractivity contribution in [3.63, 3.8) is 0 Å². The Morgan fingerprint density at radius 1 is 1.46 bits per heavy atom. The Labute approximate surface area is 76.4 Å². The third-order valence-electron chi connectivity index (χ3n) is 2.04. The fourth-order valence-electron chi connectivity index (χ4n) is 1.28. The van der Waals surface area contributed by atoms with Crippen molar-refractivity contribution < 1.29 is 4.79 Å². The number of carbonyl (C=O) groups excluding carboxylic acids is 1. The molecule has 0 saturated carbocycles. The van der Waals surface area contributed by atoms with Gasteiger partial charge in [-0.25, -0.2) is 4.98 Å². The van der Waals surface area contributed by atoms with Crippen LogP contribution in [0.3, 0.4) is 0 Å². The summed E-state index contributed by atoms with van der Waals surface area (Å²) >= 11 is 0. The average molecular weight is 177 g/mol. The van der Waals surface area contributed by atoms with Crippen LogP contribution in [0.1, 0.15) is 12.6 Å². The summed E-state index contributed by atoms with van der Waals surface area (Å²) in [6, 6.07) is 3.52. The van der Waals surface area contributed by atoms with Crippen molar-refractivity contribution in [1.29, 1.82) is 0 Å². The monoisotopic (exact) mass is 177 g/mol. The maximum absolute atomic E-state index is 11.2. The molecule has 1 amide bonds. The number of aryl methyl sites for hydroxylation is 1. The molecule has 0 spiro atoms. The van der Waals surface area contributed by atoms with Gasteiger partial charge in [0.15, 0.2) is 5.82 Å². The Morgan fingerprint density at radius 2 is 2.23 bits per heavy atom. The van der Waals surface area contributed by atoms with E-state index in [0.29, 0.717) is 0 Å². The van der Waals surface area contributed by atoms with Gasteiger partial charge in [0.1, 0.15) is 6.04 Å². The van der Waals surface area contributed by atoms with E-state index in [4.69, 9.17) is 0 Å². The molecule has 1 unspecified atom stereocenters. The number of fused-ring (bicyclic) bond motifs is 1. The lowest BCUT2D eigenvalue weighted by atomic mass is 10.2. The third kappa shape index (κ3) is 1.35. The lowest BCUT2D eigenvalue weighted by Crippen LogP contribution is -2.36. The Kier molecular flexibility index (Phi) is 1.69. The molecule has 4 nitrogen and oxygen atoms in total. The first-order valence-corrected chi connectivity index (χ1v) is 4.22. The number of hydrogen-bond acceptors (Lipinski definition) is 3. The summed E-state index contributed by atoms with van der Waals surface area (Å²) in [4.78, 5) is 15.5. The van der Waals surface area contributed by atoms with E-state index in [1.54, 1.807) is 0 Å². The Morgan fingerprint density at radius 3 is 3.00 bits per heavy atom. The standard InChI is InChI=1S/C9H11N3O/c1-5-3-4-7-8(10-5)11-6(2)9(13)12-7/h3-4,6H,1-2H3,(H,10,11)(H,12,13). The molecular formula is C9H11N3O. The first-order chi connectivity index (χ1) is 6.16. The fraction of sp³-hybridized carbons (Fsp3) is 0.333. The van der Waals surface area contributed by atoms with Crippen LogP contribution >= 0.6 is 0 Å². The average Bonchev–Trinajstić information content (AvgIpc) is 2.08. The summed E-state index contributed by atoms with van der Waals surface area (Å²) in [5, 5.41) is 5.80. The van der Waals surface area contributed by atoms with Crippen LogP contribution in [0.5, 0.6) is 0 Å². The molecule has 1 aromatic rings. The Hall–Kier alpha value is -1.58. The zero-order chi connectivity index (χ0) is 9.42. The van der Waals surface area contributed by atoms with Crippen LogP contribution in [-0.2, 0) is 4.79 Å². The number of rotatable bonds is 0. The summed E-state index contributed by atoms with van der Waals surface area (Å²) in [7, 11) is 0. The molecule has 0 bridgehead atoms. The van der Waals surface area contributed by atoms with Crippen molar-refractivity contribution in [3.05, 3.63) is 17.8 Å². The summed E-state index contributed by atoms with van der Waals surface area (Å²) in [6.45, 7) is 3.73. The summed E-state index contributed by atoms with van der Waals surface area (Å²) < 4.78 is 0. The predicted molar refractivity (Wildman–Crippen MR) is 50.7 cm³/mol.